The lowest BCUT2D eigenvalue weighted by Crippen LogP contribution is -2.16. The van der Waals surface area contributed by atoms with Gasteiger partial charge in [-0.2, -0.15) is 0 Å². The zero-order valence-electron chi connectivity index (χ0n) is 33.3. The van der Waals surface area contributed by atoms with Gasteiger partial charge in [-0.15, -0.1) is 0 Å². The average Bonchev–Trinajstić information content (AvgIpc) is 3.69. The van der Waals surface area contributed by atoms with Gasteiger partial charge in [0.2, 0.25) is 0 Å². The van der Waals surface area contributed by atoms with Crippen molar-refractivity contribution in [2.45, 2.75) is 45.4 Å². The van der Waals surface area contributed by atoms with E-state index < -0.39 is 0 Å². The molecule has 2 heteroatoms. The van der Waals surface area contributed by atoms with Crippen molar-refractivity contribution < 1.29 is 0 Å². The van der Waals surface area contributed by atoms with Crippen molar-refractivity contribution in [1.29, 1.82) is 0 Å². The first-order chi connectivity index (χ1) is 27.7. The molecule has 1 heterocycles. The molecule has 1 aliphatic carbocycles. The first-order valence-electron chi connectivity index (χ1n) is 20.1. The predicted octanol–water partition coefficient (Wildman–Crippen LogP) is 15.2. The summed E-state index contributed by atoms with van der Waals surface area (Å²) < 4.78 is 2.46. The van der Waals surface area contributed by atoms with Crippen LogP contribution in [0.15, 0.2) is 188 Å². The van der Waals surface area contributed by atoms with Crippen molar-refractivity contribution in [3.8, 4) is 39.1 Å². The van der Waals surface area contributed by atoms with Crippen LogP contribution in [0.1, 0.15) is 51.3 Å². The minimum absolute atomic E-state index is 0.0810. The maximum atomic E-state index is 2.46. The highest BCUT2D eigenvalue weighted by Crippen LogP contribution is 2.50. The van der Waals surface area contributed by atoms with E-state index in [1.807, 2.05) is 0 Å². The molecule has 8 aromatic carbocycles. The van der Waals surface area contributed by atoms with Crippen LogP contribution in [0.3, 0.4) is 0 Å². The van der Waals surface area contributed by atoms with Crippen LogP contribution in [0.4, 0.5) is 17.1 Å². The Morgan fingerprint density at radius 3 is 1.77 bits per heavy atom. The number of rotatable bonds is 6. The molecule has 0 fully saturated rings. The molecule has 10 rings (SSSR count). The zero-order valence-corrected chi connectivity index (χ0v) is 33.3. The summed E-state index contributed by atoms with van der Waals surface area (Å²) in [5, 5.41) is 2.51. The van der Waals surface area contributed by atoms with Crippen LogP contribution < -0.4 is 4.90 Å². The number of hydrogen-bond acceptors (Lipinski definition) is 1. The normalized spacial score (nSPS) is 13.1. The third-order valence-corrected chi connectivity index (χ3v) is 12.2. The second kappa shape index (κ2) is 13.2. The third kappa shape index (κ3) is 5.78. The van der Waals surface area contributed by atoms with E-state index in [4.69, 9.17) is 0 Å². The average molecular weight is 735 g/mol. The number of para-hydroxylation sites is 3. The fourth-order valence-corrected chi connectivity index (χ4v) is 9.13. The molecule has 0 saturated carbocycles. The molecule has 1 aromatic heterocycles. The fraction of sp³-hybridized carbons (Fsp3) is 0.127. The lowest BCUT2D eigenvalue weighted by atomic mass is 9.82. The van der Waals surface area contributed by atoms with E-state index in [9.17, 15) is 0 Å². The summed E-state index contributed by atoms with van der Waals surface area (Å²) in [4.78, 5) is 2.39. The van der Waals surface area contributed by atoms with E-state index in [0.29, 0.717) is 0 Å². The van der Waals surface area contributed by atoms with E-state index in [1.54, 1.807) is 0 Å². The lowest BCUT2D eigenvalue weighted by Gasteiger charge is -2.28. The molecule has 0 radical (unpaired) electrons. The molecule has 0 aliphatic heterocycles. The summed E-state index contributed by atoms with van der Waals surface area (Å²) in [6, 6.07) is 69.4. The Bertz CT molecular complexity index is 2940. The minimum atomic E-state index is -0.0810. The van der Waals surface area contributed by atoms with Gasteiger partial charge in [0.25, 0.3) is 0 Å². The van der Waals surface area contributed by atoms with Crippen molar-refractivity contribution >= 4 is 38.9 Å². The summed E-state index contributed by atoms with van der Waals surface area (Å²) in [6.45, 7) is 11.5. The molecule has 276 valence electrons. The van der Waals surface area contributed by atoms with Gasteiger partial charge in [-0.1, -0.05) is 168 Å². The molecule has 0 amide bonds. The smallest absolute Gasteiger partial charge is 0.0547 e. The Hall–Kier alpha value is -6.64. The van der Waals surface area contributed by atoms with Gasteiger partial charge in [0.1, 0.15) is 0 Å². The van der Waals surface area contributed by atoms with Crippen molar-refractivity contribution in [1.82, 2.24) is 4.57 Å². The Kier molecular flexibility index (Phi) is 8.09. The molecule has 1 aliphatic rings. The molecule has 0 atom stereocenters. The van der Waals surface area contributed by atoms with E-state index in [-0.39, 0.29) is 10.8 Å². The standard InChI is InChI=1S/C55H46N2/c1-54(2,3)40-28-23-37(24-29-40)39-27-33-48-47-19-11-14-22-52(47)57(53(48)35-39)51-21-13-10-17-44(51)38-25-30-42(31-26-38)56(41-15-7-6-8-16-41)43-32-34-46-45-18-9-12-20-49(45)55(4,5)50(46)36-43/h6-36H,1-5H3. The van der Waals surface area contributed by atoms with Crippen LogP contribution in [0, 0.1) is 0 Å². The number of anilines is 3. The zero-order chi connectivity index (χ0) is 38.9. The minimum Gasteiger partial charge on any atom is -0.310 e. The number of benzene rings is 8. The van der Waals surface area contributed by atoms with Gasteiger partial charge in [0.05, 0.1) is 16.7 Å². The van der Waals surface area contributed by atoms with Crippen molar-refractivity contribution in [3.63, 3.8) is 0 Å². The number of hydrogen-bond donors (Lipinski definition) is 0. The number of aromatic nitrogens is 1. The first-order valence-corrected chi connectivity index (χ1v) is 20.1. The molecule has 9 aromatic rings. The maximum Gasteiger partial charge on any atom is 0.0547 e. The van der Waals surface area contributed by atoms with Crippen LogP contribution in [0.25, 0.3) is 60.9 Å². The van der Waals surface area contributed by atoms with E-state index in [2.05, 4.69) is 232 Å². The fourth-order valence-electron chi connectivity index (χ4n) is 9.13. The van der Waals surface area contributed by atoms with Gasteiger partial charge in [-0.3, -0.25) is 0 Å². The van der Waals surface area contributed by atoms with Gasteiger partial charge < -0.3 is 9.47 Å². The lowest BCUT2D eigenvalue weighted by molar-refractivity contribution is 0.590. The molecule has 0 spiro atoms. The first kappa shape index (κ1) is 34.8. The van der Waals surface area contributed by atoms with Crippen LogP contribution in [-0.2, 0) is 10.8 Å². The van der Waals surface area contributed by atoms with E-state index in [0.717, 1.165) is 22.7 Å². The SMILES string of the molecule is CC(C)(C)c1ccc(-c2ccc3c4ccccc4n(-c4ccccc4-c4ccc(N(c5ccccc5)c5ccc6c(c5)C(C)(C)c5ccccc5-6)cc4)c3c2)cc1. The van der Waals surface area contributed by atoms with Crippen LogP contribution in [0.5, 0.6) is 0 Å². The molecule has 0 saturated heterocycles. The Balaban J connectivity index is 1.07. The van der Waals surface area contributed by atoms with Gasteiger partial charge in [0.15, 0.2) is 0 Å². The third-order valence-electron chi connectivity index (χ3n) is 12.2. The van der Waals surface area contributed by atoms with E-state index in [1.165, 1.54) is 71.9 Å². The van der Waals surface area contributed by atoms with E-state index >= 15 is 0 Å². The maximum absolute atomic E-state index is 2.46. The largest absolute Gasteiger partial charge is 0.310 e. The molecule has 57 heavy (non-hydrogen) atoms. The molecule has 0 bridgehead atoms. The monoisotopic (exact) mass is 734 g/mol. The topological polar surface area (TPSA) is 8.17 Å². The van der Waals surface area contributed by atoms with Crippen molar-refractivity contribution in [2.75, 3.05) is 4.90 Å². The Labute approximate surface area is 336 Å². The van der Waals surface area contributed by atoms with Crippen molar-refractivity contribution in [3.05, 3.63) is 205 Å². The molecular weight excluding hydrogens is 689 g/mol. The number of nitrogens with zero attached hydrogens (tertiary/aromatic N) is 2. The molecule has 0 unspecified atom stereocenters. The molecular formula is C55H46N2. The van der Waals surface area contributed by atoms with Gasteiger partial charge in [0, 0.05) is 38.8 Å². The summed E-state index contributed by atoms with van der Waals surface area (Å²) in [5.74, 6) is 0. The van der Waals surface area contributed by atoms with Crippen LogP contribution >= 0.6 is 0 Å². The van der Waals surface area contributed by atoms with Gasteiger partial charge in [-0.05, 0) is 105 Å². The highest BCUT2D eigenvalue weighted by molar-refractivity contribution is 6.10. The molecule has 2 nitrogen and oxygen atoms in total. The highest BCUT2D eigenvalue weighted by Gasteiger charge is 2.35. The number of fused-ring (bicyclic) bond motifs is 6. The summed E-state index contributed by atoms with van der Waals surface area (Å²) in [7, 11) is 0. The van der Waals surface area contributed by atoms with Gasteiger partial charge in [-0.25, -0.2) is 0 Å². The highest BCUT2D eigenvalue weighted by atomic mass is 15.1. The summed E-state index contributed by atoms with van der Waals surface area (Å²) in [5.41, 5.74) is 18.6. The second-order valence-corrected chi connectivity index (χ2v) is 17.0. The van der Waals surface area contributed by atoms with Gasteiger partial charge >= 0.3 is 0 Å². The molecule has 0 N–H and O–H groups in total. The Morgan fingerprint density at radius 1 is 0.421 bits per heavy atom. The van der Waals surface area contributed by atoms with Crippen LogP contribution in [0.2, 0.25) is 0 Å². The summed E-state index contributed by atoms with van der Waals surface area (Å²) in [6.07, 6.45) is 0. The Morgan fingerprint density at radius 2 is 1.00 bits per heavy atom. The quantitative estimate of drug-likeness (QED) is 0.165. The second-order valence-electron chi connectivity index (χ2n) is 17.0. The predicted molar refractivity (Wildman–Crippen MR) is 243 cm³/mol. The summed E-state index contributed by atoms with van der Waals surface area (Å²) >= 11 is 0. The van der Waals surface area contributed by atoms with Crippen molar-refractivity contribution in [2.24, 2.45) is 0 Å². The van der Waals surface area contributed by atoms with Crippen LogP contribution in [-0.4, -0.2) is 4.57 Å².